The van der Waals surface area contributed by atoms with Crippen LogP contribution in [0.4, 0.5) is 0 Å². The third-order valence-electron chi connectivity index (χ3n) is 2.78. The van der Waals surface area contributed by atoms with Crippen molar-refractivity contribution in [2.24, 2.45) is 0 Å². The van der Waals surface area contributed by atoms with Gasteiger partial charge in [-0.1, -0.05) is 18.2 Å². The quantitative estimate of drug-likeness (QED) is 0.729. The molecule has 1 fully saturated rings. The van der Waals surface area contributed by atoms with Crippen molar-refractivity contribution >= 4 is 18.0 Å². The van der Waals surface area contributed by atoms with Crippen LogP contribution in [0, 0.1) is 0 Å². The molecule has 16 heavy (non-hydrogen) atoms. The number of rotatable bonds is 5. The molecule has 0 spiro atoms. The van der Waals surface area contributed by atoms with Crippen molar-refractivity contribution in [2.45, 2.75) is 23.0 Å². The second-order valence-electron chi connectivity index (χ2n) is 4.05. The smallest absolute Gasteiger partial charge is 0.214 e. The maximum absolute atomic E-state index is 10.9. The molecule has 1 saturated heterocycles. The number of hydrogen-bond acceptors (Lipinski definition) is 3. The van der Waals surface area contributed by atoms with Crippen molar-refractivity contribution in [1.82, 2.24) is 4.90 Å². The molecule has 3 heteroatoms. The zero-order valence-corrected chi connectivity index (χ0v) is 10.1. The summed E-state index contributed by atoms with van der Waals surface area (Å²) in [5.74, 6) is 0. The Hall–Kier alpha value is -0.800. The monoisotopic (exact) mass is 234 g/mol. The average molecular weight is 234 g/mol. The van der Waals surface area contributed by atoms with E-state index in [1.807, 2.05) is 30.3 Å². The molecule has 0 amide bonds. The topological polar surface area (TPSA) is 20.3 Å². The Morgan fingerprint density at radius 1 is 1.25 bits per heavy atom. The van der Waals surface area contributed by atoms with Gasteiger partial charge in [0.15, 0.2) is 0 Å². The van der Waals surface area contributed by atoms with E-state index < -0.39 is 0 Å². The van der Waals surface area contributed by atoms with Gasteiger partial charge in [0.2, 0.25) is 6.29 Å². The van der Waals surface area contributed by atoms with Gasteiger partial charge in [0.05, 0.1) is 5.25 Å². The van der Waals surface area contributed by atoms with E-state index in [0.717, 1.165) is 24.5 Å². The molecule has 1 aromatic rings. The molecule has 1 atom stereocenters. The molecular weight excluding hydrogens is 218 g/mol. The Kier molecular flexibility index (Phi) is 4.43. The summed E-state index contributed by atoms with van der Waals surface area (Å²) in [6.07, 6.45) is 4.68. The number of likely N-dealkylation sites (tertiary alicyclic amines) is 1. The van der Waals surface area contributed by atoms with Crippen LogP contribution in [-0.4, -0.2) is 36.1 Å². The number of thioether (sulfide) groups is 1. The maximum atomic E-state index is 10.9. The van der Waals surface area contributed by atoms with Crippen LogP contribution >= 0.6 is 11.8 Å². The Morgan fingerprint density at radius 2 is 1.94 bits per heavy atom. The summed E-state index contributed by atoms with van der Waals surface area (Å²) in [5.41, 5.74) is 0. The maximum Gasteiger partial charge on any atom is 0.214 e. The molecule has 1 aliphatic rings. The second-order valence-corrected chi connectivity index (χ2v) is 5.32. The Morgan fingerprint density at radius 3 is 2.56 bits per heavy atom. The van der Waals surface area contributed by atoms with Gasteiger partial charge in [-0.05, 0) is 38.1 Å². The lowest BCUT2D eigenvalue weighted by Crippen LogP contribution is -2.29. The Balaban J connectivity index is 1.87. The van der Waals surface area contributed by atoms with Crippen LogP contribution < -0.4 is 0 Å². The molecule has 2 nitrogen and oxygen atoms in total. The number of benzene rings is 1. The molecule has 1 aromatic carbocycles. The van der Waals surface area contributed by atoms with Crippen LogP contribution in [0.25, 0.3) is 0 Å². The third kappa shape index (κ3) is 3.35. The van der Waals surface area contributed by atoms with Gasteiger partial charge < -0.3 is 4.90 Å². The fourth-order valence-electron chi connectivity index (χ4n) is 1.96. The van der Waals surface area contributed by atoms with Crippen molar-refractivity contribution in [3.63, 3.8) is 0 Å². The summed E-state index contributed by atoms with van der Waals surface area (Å²) >= 11 is 1.61. The van der Waals surface area contributed by atoms with Crippen molar-refractivity contribution in [3.05, 3.63) is 30.3 Å². The molecule has 2 rings (SSSR count). The lowest BCUT2D eigenvalue weighted by molar-refractivity contribution is 0.350. The predicted molar refractivity (Wildman–Crippen MR) is 67.5 cm³/mol. The first-order valence-electron chi connectivity index (χ1n) is 5.70. The first kappa shape index (κ1) is 11.7. The summed E-state index contributed by atoms with van der Waals surface area (Å²) in [6.45, 7) is 3.10. The van der Waals surface area contributed by atoms with Crippen LogP contribution in [0.5, 0.6) is 0 Å². The van der Waals surface area contributed by atoms with Crippen LogP contribution in [0.15, 0.2) is 35.2 Å². The van der Waals surface area contributed by atoms with Gasteiger partial charge in [0, 0.05) is 11.4 Å². The van der Waals surface area contributed by atoms with E-state index >= 15 is 0 Å². The van der Waals surface area contributed by atoms with Crippen LogP contribution in [0.1, 0.15) is 12.8 Å². The van der Waals surface area contributed by atoms with Crippen LogP contribution in [-0.2, 0) is 4.79 Å². The Bertz CT molecular complexity index is 322. The van der Waals surface area contributed by atoms with E-state index in [4.69, 9.17) is 0 Å². The van der Waals surface area contributed by atoms with Crippen molar-refractivity contribution in [2.75, 3.05) is 19.6 Å². The summed E-state index contributed by atoms with van der Waals surface area (Å²) in [7, 11) is 0. The van der Waals surface area contributed by atoms with Crippen molar-refractivity contribution in [3.8, 4) is 0 Å². The second kappa shape index (κ2) is 6.06. The molecule has 0 bridgehead atoms. The van der Waals surface area contributed by atoms with E-state index in [-0.39, 0.29) is 5.25 Å². The predicted octanol–water partition coefficient (Wildman–Crippen LogP) is 2.35. The molecule has 0 aromatic heterocycles. The third-order valence-corrected chi connectivity index (χ3v) is 3.85. The summed E-state index contributed by atoms with van der Waals surface area (Å²) in [6, 6.07) is 10.1. The number of nitrogens with zero attached hydrogens (tertiary/aromatic N) is 1. The van der Waals surface area contributed by atoms with E-state index in [0.29, 0.717) is 0 Å². The molecule has 1 radical (unpaired) electrons. The first-order valence-corrected chi connectivity index (χ1v) is 6.58. The molecule has 1 heterocycles. The van der Waals surface area contributed by atoms with Gasteiger partial charge in [-0.3, -0.25) is 4.79 Å². The lowest BCUT2D eigenvalue weighted by atomic mass is 10.4. The highest BCUT2D eigenvalue weighted by atomic mass is 32.2. The minimum atomic E-state index is -0.0551. The zero-order valence-electron chi connectivity index (χ0n) is 9.26. The molecule has 85 valence electrons. The fourth-order valence-corrected chi connectivity index (χ4v) is 2.94. The van der Waals surface area contributed by atoms with Gasteiger partial charge in [-0.25, -0.2) is 0 Å². The summed E-state index contributed by atoms with van der Waals surface area (Å²) < 4.78 is 0. The average Bonchev–Trinajstić information content (AvgIpc) is 2.82. The number of hydrogen-bond donors (Lipinski definition) is 0. The minimum Gasteiger partial charge on any atom is -0.302 e. The highest BCUT2D eigenvalue weighted by Crippen LogP contribution is 2.23. The SMILES string of the molecule is O=[C]C(CN1CCCC1)Sc1ccccc1. The summed E-state index contributed by atoms with van der Waals surface area (Å²) in [5, 5.41) is -0.0551. The van der Waals surface area contributed by atoms with E-state index in [1.165, 1.54) is 12.8 Å². The van der Waals surface area contributed by atoms with Crippen molar-refractivity contribution < 1.29 is 4.79 Å². The number of carbonyl (C=O) groups excluding carboxylic acids is 1. The fraction of sp³-hybridized carbons (Fsp3) is 0.462. The van der Waals surface area contributed by atoms with Crippen molar-refractivity contribution in [1.29, 1.82) is 0 Å². The van der Waals surface area contributed by atoms with Gasteiger partial charge >= 0.3 is 0 Å². The van der Waals surface area contributed by atoms with Crippen LogP contribution in [0.3, 0.4) is 0 Å². The van der Waals surface area contributed by atoms with E-state index in [2.05, 4.69) is 11.2 Å². The van der Waals surface area contributed by atoms with Crippen LogP contribution in [0.2, 0.25) is 0 Å². The highest BCUT2D eigenvalue weighted by Gasteiger charge is 2.18. The summed E-state index contributed by atoms with van der Waals surface area (Å²) in [4.78, 5) is 14.4. The van der Waals surface area contributed by atoms with E-state index in [1.54, 1.807) is 11.8 Å². The standard InChI is InChI=1S/C13H16NOS/c15-11-13(10-14-8-4-5-9-14)16-12-6-2-1-3-7-12/h1-3,6-7,13H,4-5,8-10H2. The largest absolute Gasteiger partial charge is 0.302 e. The normalized spacial score (nSPS) is 18.5. The highest BCUT2D eigenvalue weighted by molar-refractivity contribution is 8.00. The molecule has 0 N–H and O–H groups in total. The molecule has 0 aliphatic carbocycles. The first-order chi connectivity index (χ1) is 7.88. The minimum absolute atomic E-state index is 0.0551. The van der Waals surface area contributed by atoms with E-state index in [9.17, 15) is 4.79 Å². The molecule has 1 unspecified atom stereocenters. The van der Waals surface area contributed by atoms with Gasteiger partial charge in [-0.2, -0.15) is 0 Å². The zero-order chi connectivity index (χ0) is 11.2. The molecular formula is C13H16NOS. The van der Waals surface area contributed by atoms with Gasteiger partial charge in [0.25, 0.3) is 0 Å². The Labute approximate surface area is 101 Å². The molecule has 1 aliphatic heterocycles. The van der Waals surface area contributed by atoms with Gasteiger partial charge in [-0.15, -0.1) is 11.8 Å². The lowest BCUT2D eigenvalue weighted by Gasteiger charge is -2.18. The van der Waals surface area contributed by atoms with Gasteiger partial charge in [0.1, 0.15) is 0 Å². The molecule has 0 saturated carbocycles.